The van der Waals surface area contributed by atoms with Crippen LogP contribution in [0.3, 0.4) is 0 Å². The van der Waals surface area contributed by atoms with Crippen molar-refractivity contribution >= 4 is 18.3 Å². The van der Waals surface area contributed by atoms with Gasteiger partial charge in [0, 0.05) is 19.0 Å². The first-order valence-electron chi connectivity index (χ1n) is 7.29. The molecule has 1 amide bonds. The van der Waals surface area contributed by atoms with Crippen LogP contribution in [0.2, 0.25) is 0 Å². The van der Waals surface area contributed by atoms with E-state index in [0.717, 1.165) is 25.0 Å². The van der Waals surface area contributed by atoms with E-state index in [1.807, 2.05) is 31.2 Å². The number of aryl methyl sites for hydroxylation is 1. The summed E-state index contributed by atoms with van der Waals surface area (Å²) in [5, 5.41) is 2.89. The number of unbranched alkanes of at least 4 members (excludes halogenated alkanes) is 1. The molecule has 5 heteroatoms. The molecular weight excluding hydrogens is 288 g/mol. The van der Waals surface area contributed by atoms with E-state index in [4.69, 9.17) is 10.5 Å². The Bertz CT molecular complexity index is 394. The molecule has 1 unspecified atom stereocenters. The Morgan fingerprint density at radius 3 is 2.57 bits per heavy atom. The van der Waals surface area contributed by atoms with Crippen molar-refractivity contribution in [3.05, 3.63) is 29.8 Å². The van der Waals surface area contributed by atoms with Crippen LogP contribution in [0.4, 0.5) is 0 Å². The summed E-state index contributed by atoms with van der Waals surface area (Å²) < 4.78 is 5.62. The lowest BCUT2D eigenvalue weighted by Crippen LogP contribution is -2.26. The number of carbonyl (C=O) groups excluding carboxylic acids is 1. The first-order chi connectivity index (χ1) is 9.58. The predicted octanol–water partition coefficient (Wildman–Crippen LogP) is 2.82. The molecule has 0 aliphatic rings. The summed E-state index contributed by atoms with van der Waals surface area (Å²) in [5.41, 5.74) is 6.83. The molecule has 0 heterocycles. The summed E-state index contributed by atoms with van der Waals surface area (Å²) in [4.78, 5) is 11.4. The molecule has 0 fully saturated rings. The Labute approximate surface area is 133 Å². The van der Waals surface area contributed by atoms with Crippen LogP contribution >= 0.6 is 12.4 Å². The van der Waals surface area contributed by atoms with Gasteiger partial charge in [-0.2, -0.15) is 0 Å². The fourth-order valence-electron chi connectivity index (χ4n) is 1.73. The van der Waals surface area contributed by atoms with Gasteiger partial charge in [0.25, 0.3) is 0 Å². The van der Waals surface area contributed by atoms with Gasteiger partial charge >= 0.3 is 0 Å². The van der Waals surface area contributed by atoms with E-state index in [9.17, 15) is 4.79 Å². The van der Waals surface area contributed by atoms with Gasteiger partial charge in [0.15, 0.2) is 0 Å². The van der Waals surface area contributed by atoms with Crippen molar-refractivity contribution in [1.29, 1.82) is 0 Å². The zero-order chi connectivity index (χ0) is 14.8. The van der Waals surface area contributed by atoms with Crippen molar-refractivity contribution in [1.82, 2.24) is 5.32 Å². The molecule has 0 aliphatic carbocycles. The second-order valence-electron chi connectivity index (χ2n) is 5.23. The number of amides is 1. The van der Waals surface area contributed by atoms with Gasteiger partial charge in [-0.15, -0.1) is 12.4 Å². The van der Waals surface area contributed by atoms with Crippen LogP contribution in [0.25, 0.3) is 0 Å². The molecule has 0 aromatic heterocycles. The summed E-state index contributed by atoms with van der Waals surface area (Å²) in [5.74, 6) is 0.985. The van der Waals surface area contributed by atoms with Gasteiger partial charge in [-0.05, 0) is 45.2 Å². The Balaban J connectivity index is 0.00000400. The number of halogens is 1. The van der Waals surface area contributed by atoms with Gasteiger partial charge in [-0.25, -0.2) is 0 Å². The molecule has 0 spiro atoms. The highest BCUT2D eigenvalue weighted by molar-refractivity contribution is 5.85. The van der Waals surface area contributed by atoms with Gasteiger partial charge in [0.1, 0.15) is 5.75 Å². The predicted molar refractivity (Wildman–Crippen MR) is 89.0 cm³/mol. The Morgan fingerprint density at radius 2 is 1.95 bits per heavy atom. The molecule has 3 N–H and O–H groups in total. The van der Waals surface area contributed by atoms with Gasteiger partial charge in [-0.3, -0.25) is 4.79 Å². The highest BCUT2D eigenvalue weighted by Gasteiger charge is 2.02. The number of nitrogens with two attached hydrogens (primary N) is 1. The molecule has 0 saturated carbocycles. The highest BCUT2D eigenvalue weighted by Crippen LogP contribution is 2.11. The molecule has 1 aromatic carbocycles. The monoisotopic (exact) mass is 314 g/mol. The van der Waals surface area contributed by atoms with Crippen LogP contribution in [-0.2, 0) is 4.79 Å². The molecule has 120 valence electrons. The van der Waals surface area contributed by atoms with Gasteiger partial charge < -0.3 is 15.8 Å². The highest BCUT2D eigenvalue weighted by atomic mass is 35.5. The number of hydrogen-bond acceptors (Lipinski definition) is 3. The third-order valence-electron chi connectivity index (χ3n) is 3.01. The maximum absolute atomic E-state index is 11.4. The van der Waals surface area contributed by atoms with Crippen molar-refractivity contribution in [2.45, 2.75) is 45.6 Å². The van der Waals surface area contributed by atoms with Crippen LogP contribution in [0, 0.1) is 6.92 Å². The molecule has 1 aromatic rings. The maximum Gasteiger partial charge on any atom is 0.220 e. The smallest absolute Gasteiger partial charge is 0.220 e. The number of benzene rings is 1. The lowest BCUT2D eigenvalue weighted by atomic mass is 10.2. The maximum atomic E-state index is 11.4. The zero-order valence-corrected chi connectivity index (χ0v) is 13.7. The first-order valence-corrected chi connectivity index (χ1v) is 7.29. The summed E-state index contributed by atoms with van der Waals surface area (Å²) in [6.07, 6.45) is 3.11. The third-order valence-corrected chi connectivity index (χ3v) is 3.01. The topological polar surface area (TPSA) is 64.3 Å². The fourth-order valence-corrected chi connectivity index (χ4v) is 1.73. The molecule has 0 saturated heterocycles. The minimum atomic E-state index is 0. The Hall–Kier alpha value is -1.26. The van der Waals surface area contributed by atoms with E-state index in [1.54, 1.807) is 0 Å². The molecule has 0 radical (unpaired) electrons. The van der Waals surface area contributed by atoms with E-state index in [2.05, 4.69) is 12.2 Å². The van der Waals surface area contributed by atoms with Crippen LogP contribution in [0.15, 0.2) is 24.3 Å². The molecule has 4 nitrogen and oxygen atoms in total. The Morgan fingerprint density at radius 1 is 1.29 bits per heavy atom. The quantitative estimate of drug-likeness (QED) is 0.689. The average Bonchev–Trinajstić information content (AvgIpc) is 2.42. The molecule has 0 aliphatic heterocycles. The van der Waals surface area contributed by atoms with E-state index in [-0.39, 0.29) is 24.4 Å². The van der Waals surface area contributed by atoms with E-state index < -0.39 is 0 Å². The molecular formula is C16H27ClN2O2. The number of ether oxygens (including phenoxy) is 1. The SMILES string of the molecule is Cc1ccc(OCCCCNC(=O)CCC(C)N)cc1.Cl. The normalized spacial score (nSPS) is 11.4. The van der Waals surface area contributed by atoms with Crippen LogP contribution in [0.1, 0.15) is 38.2 Å². The van der Waals surface area contributed by atoms with Crippen molar-refractivity contribution in [2.75, 3.05) is 13.2 Å². The zero-order valence-electron chi connectivity index (χ0n) is 12.9. The molecule has 0 bridgehead atoms. The molecule has 1 atom stereocenters. The third kappa shape index (κ3) is 10.2. The lowest BCUT2D eigenvalue weighted by molar-refractivity contribution is -0.121. The van der Waals surface area contributed by atoms with Gasteiger partial charge in [-0.1, -0.05) is 17.7 Å². The number of rotatable bonds is 9. The Kier molecular flexibility index (Phi) is 10.7. The lowest BCUT2D eigenvalue weighted by Gasteiger charge is -2.08. The van der Waals surface area contributed by atoms with Crippen molar-refractivity contribution in [3.63, 3.8) is 0 Å². The first kappa shape index (κ1) is 19.7. The van der Waals surface area contributed by atoms with E-state index >= 15 is 0 Å². The number of carbonyl (C=O) groups is 1. The summed E-state index contributed by atoms with van der Waals surface area (Å²) in [6.45, 7) is 5.35. The minimum Gasteiger partial charge on any atom is -0.494 e. The second-order valence-corrected chi connectivity index (χ2v) is 5.23. The van der Waals surface area contributed by atoms with Crippen molar-refractivity contribution in [2.24, 2.45) is 5.73 Å². The van der Waals surface area contributed by atoms with E-state index in [0.29, 0.717) is 19.6 Å². The summed E-state index contributed by atoms with van der Waals surface area (Å²) in [6, 6.07) is 8.11. The summed E-state index contributed by atoms with van der Waals surface area (Å²) in [7, 11) is 0. The number of hydrogen-bond donors (Lipinski definition) is 2. The van der Waals surface area contributed by atoms with Gasteiger partial charge in [0.05, 0.1) is 6.61 Å². The minimum absolute atomic E-state index is 0. The van der Waals surface area contributed by atoms with Crippen molar-refractivity contribution < 1.29 is 9.53 Å². The largest absolute Gasteiger partial charge is 0.494 e. The van der Waals surface area contributed by atoms with Crippen molar-refractivity contribution in [3.8, 4) is 5.75 Å². The molecule has 1 rings (SSSR count). The second kappa shape index (κ2) is 11.4. The summed E-state index contributed by atoms with van der Waals surface area (Å²) >= 11 is 0. The fraction of sp³-hybridized carbons (Fsp3) is 0.562. The standard InChI is InChI=1S/C16H26N2O2.ClH/c1-13-5-8-15(9-6-13)20-12-4-3-11-18-16(19)10-7-14(2)17;/h5-6,8-9,14H,3-4,7,10-12,17H2,1-2H3,(H,18,19);1H. The van der Waals surface area contributed by atoms with Crippen LogP contribution < -0.4 is 15.8 Å². The van der Waals surface area contributed by atoms with Gasteiger partial charge in [0.2, 0.25) is 5.91 Å². The average molecular weight is 315 g/mol. The molecule has 21 heavy (non-hydrogen) atoms. The van der Waals surface area contributed by atoms with E-state index in [1.165, 1.54) is 5.56 Å². The van der Waals surface area contributed by atoms with Crippen LogP contribution in [-0.4, -0.2) is 25.1 Å². The van der Waals surface area contributed by atoms with Crippen LogP contribution in [0.5, 0.6) is 5.75 Å². The number of nitrogens with one attached hydrogen (secondary N) is 1.